The molecule has 1 aromatic carbocycles. The third-order valence-corrected chi connectivity index (χ3v) is 3.53. The van der Waals surface area contributed by atoms with Crippen LogP contribution in [0.1, 0.15) is 36.8 Å². The lowest BCUT2D eigenvalue weighted by atomic mass is 10.1. The molecule has 0 aliphatic rings. The lowest BCUT2D eigenvalue weighted by Crippen LogP contribution is -2.37. The maximum Gasteiger partial charge on any atom is 0.416 e. The summed E-state index contributed by atoms with van der Waals surface area (Å²) in [6.45, 7) is 4.52. The molecule has 2 amide bonds. The molecule has 0 radical (unpaired) electrons. The van der Waals surface area contributed by atoms with Crippen LogP contribution in [0.25, 0.3) is 0 Å². The molecule has 24 heavy (non-hydrogen) atoms. The Bertz CT molecular complexity index is 681. The lowest BCUT2D eigenvalue weighted by molar-refractivity contribution is -0.137. The highest BCUT2D eigenvalue weighted by Gasteiger charge is 2.30. The Hall–Kier alpha value is -2.58. The molecule has 2 rings (SSSR count). The first-order valence-electron chi connectivity index (χ1n) is 7.39. The summed E-state index contributed by atoms with van der Waals surface area (Å²) in [5.74, 6) is 0.620. The number of nitrogens with one attached hydrogen (secondary N) is 2. The van der Waals surface area contributed by atoms with Gasteiger partial charge in [-0.1, -0.05) is 12.1 Å². The van der Waals surface area contributed by atoms with Gasteiger partial charge in [0, 0.05) is 6.54 Å². The van der Waals surface area contributed by atoms with Crippen molar-refractivity contribution >= 4 is 6.03 Å². The predicted molar refractivity (Wildman–Crippen MR) is 80.9 cm³/mol. The van der Waals surface area contributed by atoms with Gasteiger partial charge in [0.2, 0.25) is 0 Å². The second-order valence-electron chi connectivity index (χ2n) is 5.20. The van der Waals surface area contributed by atoms with Crippen molar-refractivity contribution in [2.45, 2.75) is 39.2 Å². The Morgan fingerprint density at radius 1 is 1.29 bits per heavy atom. The van der Waals surface area contributed by atoms with Gasteiger partial charge in [-0.05, 0) is 31.5 Å². The molecule has 0 aliphatic carbocycles. The van der Waals surface area contributed by atoms with Gasteiger partial charge in [0.1, 0.15) is 6.33 Å². The molecule has 1 aromatic heterocycles. The number of amides is 2. The number of aromatic nitrogens is 3. The van der Waals surface area contributed by atoms with Crippen molar-refractivity contribution in [3.05, 3.63) is 47.5 Å². The smallest absolute Gasteiger partial charge is 0.332 e. The fraction of sp³-hybridized carbons (Fsp3) is 0.400. The molecule has 0 spiro atoms. The highest BCUT2D eigenvalue weighted by molar-refractivity contribution is 5.74. The van der Waals surface area contributed by atoms with Crippen LogP contribution in [0.5, 0.6) is 0 Å². The molecule has 1 atom stereocenters. The highest BCUT2D eigenvalue weighted by Crippen LogP contribution is 2.29. The Labute approximate surface area is 137 Å². The number of urea groups is 1. The first-order chi connectivity index (χ1) is 11.3. The summed E-state index contributed by atoms with van der Waals surface area (Å²) in [5.41, 5.74) is -0.142. The fourth-order valence-corrected chi connectivity index (χ4v) is 2.13. The summed E-state index contributed by atoms with van der Waals surface area (Å²) in [7, 11) is 0. The normalized spacial score (nSPS) is 12.7. The first-order valence-corrected chi connectivity index (χ1v) is 7.39. The minimum Gasteiger partial charge on any atom is -0.332 e. The van der Waals surface area contributed by atoms with Crippen LogP contribution in [0.3, 0.4) is 0 Å². The van der Waals surface area contributed by atoms with Gasteiger partial charge >= 0.3 is 12.2 Å². The third-order valence-electron chi connectivity index (χ3n) is 3.53. The average Bonchev–Trinajstić information content (AvgIpc) is 2.99. The largest absolute Gasteiger partial charge is 0.416 e. The molecule has 2 N–H and O–H groups in total. The molecule has 6 nitrogen and oxygen atoms in total. The summed E-state index contributed by atoms with van der Waals surface area (Å²) in [6, 6.07) is 3.82. The number of halogens is 3. The van der Waals surface area contributed by atoms with Crippen molar-refractivity contribution < 1.29 is 18.0 Å². The van der Waals surface area contributed by atoms with E-state index in [9.17, 15) is 18.0 Å². The lowest BCUT2D eigenvalue weighted by Gasteiger charge is -2.16. The van der Waals surface area contributed by atoms with Crippen LogP contribution >= 0.6 is 0 Å². The highest BCUT2D eigenvalue weighted by atomic mass is 19.4. The zero-order valence-electron chi connectivity index (χ0n) is 13.3. The van der Waals surface area contributed by atoms with Gasteiger partial charge in [-0.25, -0.2) is 4.79 Å². The van der Waals surface area contributed by atoms with Gasteiger partial charge < -0.3 is 15.2 Å². The Kier molecular flexibility index (Phi) is 5.42. The average molecular weight is 341 g/mol. The summed E-state index contributed by atoms with van der Waals surface area (Å²) in [5, 5.41) is 13.0. The third kappa shape index (κ3) is 4.46. The molecule has 0 aliphatic heterocycles. The van der Waals surface area contributed by atoms with Gasteiger partial charge in [-0.2, -0.15) is 13.2 Å². The number of alkyl halides is 3. The number of benzene rings is 1. The van der Waals surface area contributed by atoms with Crippen molar-refractivity contribution in [1.82, 2.24) is 25.4 Å². The van der Waals surface area contributed by atoms with Gasteiger partial charge in [0.15, 0.2) is 5.82 Å². The molecular formula is C15H18F3N5O. The molecule has 1 heterocycles. The maximum absolute atomic E-state index is 12.5. The van der Waals surface area contributed by atoms with Crippen LogP contribution in [-0.4, -0.2) is 20.8 Å². The number of carbonyl (C=O) groups is 1. The minimum absolute atomic E-state index is 0.208. The predicted octanol–water partition coefficient (Wildman–Crippen LogP) is 2.88. The summed E-state index contributed by atoms with van der Waals surface area (Å²) >= 11 is 0. The maximum atomic E-state index is 12.5. The SMILES string of the molecule is CCn1cnnc1CNC(=O)NC(C)c1ccc(C(F)(F)F)cc1. The van der Waals surface area contributed by atoms with Crippen molar-refractivity contribution in [2.75, 3.05) is 0 Å². The van der Waals surface area contributed by atoms with Crippen LogP contribution in [0.2, 0.25) is 0 Å². The van der Waals surface area contributed by atoms with Crippen LogP contribution < -0.4 is 10.6 Å². The van der Waals surface area contributed by atoms with E-state index in [0.29, 0.717) is 17.9 Å². The topological polar surface area (TPSA) is 71.8 Å². The van der Waals surface area contributed by atoms with Crippen molar-refractivity contribution in [1.29, 1.82) is 0 Å². The number of nitrogens with zero attached hydrogens (tertiary/aromatic N) is 3. The molecule has 2 aromatic rings. The number of carbonyl (C=O) groups excluding carboxylic acids is 1. The van der Waals surface area contributed by atoms with Crippen molar-refractivity contribution in [3.63, 3.8) is 0 Å². The quantitative estimate of drug-likeness (QED) is 0.878. The second kappa shape index (κ2) is 7.33. The van der Waals surface area contributed by atoms with E-state index in [1.54, 1.807) is 17.8 Å². The van der Waals surface area contributed by atoms with E-state index >= 15 is 0 Å². The van der Waals surface area contributed by atoms with E-state index in [2.05, 4.69) is 20.8 Å². The monoisotopic (exact) mass is 341 g/mol. The standard InChI is InChI=1S/C15H18F3N5O/c1-3-23-9-20-22-13(23)8-19-14(24)21-10(2)11-4-6-12(7-5-11)15(16,17)18/h4-7,9-10H,3,8H2,1-2H3,(H2,19,21,24). The van der Waals surface area contributed by atoms with Crippen molar-refractivity contribution in [3.8, 4) is 0 Å². The minimum atomic E-state index is -4.37. The van der Waals surface area contributed by atoms with Gasteiger partial charge in [0.05, 0.1) is 18.2 Å². The van der Waals surface area contributed by atoms with Crippen LogP contribution in [0.15, 0.2) is 30.6 Å². The van der Waals surface area contributed by atoms with Gasteiger partial charge in [-0.3, -0.25) is 0 Å². The Balaban J connectivity index is 1.89. The molecule has 0 bridgehead atoms. The van der Waals surface area contributed by atoms with E-state index in [0.717, 1.165) is 12.1 Å². The van der Waals surface area contributed by atoms with E-state index < -0.39 is 23.8 Å². The number of hydrogen-bond donors (Lipinski definition) is 2. The molecule has 1 unspecified atom stereocenters. The molecule has 0 fully saturated rings. The Morgan fingerprint density at radius 2 is 1.96 bits per heavy atom. The molecule has 9 heteroatoms. The number of aryl methyl sites for hydroxylation is 1. The molecular weight excluding hydrogens is 323 g/mol. The van der Waals surface area contributed by atoms with Crippen LogP contribution in [0, 0.1) is 0 Å². The number of rotatable bonds is 5. The zero-order valence-corrected chi connectivity index (χ0v) is 13.3. The summed E-state index contributed by atoms with van der Waals surface area (Å²) in [6.07, 6.45) is -2.80. The second-order valence-corrected chi connectivity index (χ2v) is 5.20. The molecule has 0 saturated heterocycles. The van der Waals surface area contributed by atoms with Crippen LogP contribution in [-0.2, 0) is 19.3 Å². The first kappa shape index (κ1) is 17.8. The van der Waals surface area contributed by atoms with Gasteiger partial charge in [0.25, 0.3) is 0 Å². The van der Waals surface area contributed by atoms with Crippen molar-refractivity contribution in [2.24, 2.45) is 0 Å². The van der Waals surface area contributed by atoms with E-state index in [4.69, 9.17) is 0 Å². The van der Waals surface area contributed by atoms with E-state index in [-0.39, 0.29) is 6.54 Å². The fourth-order valence-electron chi connectivity index (χ4n) is 2.13. The van der Waals surface area contributed by atoms with Crippen LogP contribution in [0.4, 0.5) is 18.0 Å². The number of hydrogen-bond acceptors (Lipinski definition) is 3. The Morgan fingerprint density at radius 3 is 2.54 bits per heavy atom. The zero-order chi connectivity index (χ0) is 17.7. The van der Waals surface area contributed by atoms with E-state index in [1.807, 2.05) is 6.92 Å². The summed E-state index contributed by atoms with van der Waals surface area (Å²) < 4.78 is 39.4. The summed E-state index contributed by atoms with van der Waals surface area (Å²) in [4.78, 5) is 11.9. The van der Waals surface area contributed by atoms with Gasteiger partial charge in [-0.15, -0.1) is 10.2 Å². The van der Waals surface area contributed by atoms with E-state index in [1.165, 1.54) is 12.1 Å². The molecule has 0 saturated carbocycles. The molecule has 130 valence electrons.